The fraction of sp³-hybridized carbons (Fsp3) is 0.167. The van der Waals surface area contributed by atoms with Crippen LogP contribution in [0.3, 0.4) is 0 Å². The molecule has 2 aromatic heterocycles. The van der Waals surface area contributed by atoms with Crippen LogP contribution in [0.15, 0.2) is 34.9 Å². The van der Waals surface area contributed by atoms with Crippen molar-refractivity contribution in [3.05, 3.63) is 57.8 Å². The van der Waals surface area contributed by atoms with Gasteiger partial charge in [-0.2, -0.15) is 5.26 Å². The number of hydrogen-bond acceptors (Lipinski definition) is 5. The van der Waals surface area contributed by atoms with Gasteiger partial charge in [-0.25, -0.2) is 4.39 Å². The quantitative estimate of drug-likeness (QED) is 0.767. The number of rotatable bonds is 3. The minimum absolute atomic E-state index is 0.108. The molecule has 3 aromatic rings. The van der Waals surface area contributed by atoms with Gasteiger partial charge in [0.1, 0.15) is 16.9 Å². The number of aromatic nitrogens is 1. The van der Waals surface area contributed by atoms with Crippen LogP contribution in [0.5, 0.6) is 0 Å². The summed E-state index contributed by atoms with van der Waals surface area (Å²) in [6, 6.07) is 9.40. The van der Waals surface area contributed by atoms with Crippen molar-refractivity contribution in [2.24, 2.45) is 0 Å². The molecule has 0 unspecified atom stereocenters. The summed E-state index contributed by atoms with van der Waals surface area (Å²) in [4.78, 5) is 13.6. The molecule has 0 radical (unpaired) electrons. The Bertz CT molecular complexity index is 998. The molecule has 0 bridgehead atoms. The summed E-state index contributed by atoms with van der Waals surface area (Å²) in [5, 5.41) is 16.5. The number of aryl methyl sites for hydroxylation is 1. The molecule has 1 aromatic carbocycles. The Morgan fingerprint density at radius 1 is 1.32 bits per heavy atom. The first-order valence-corrected chi connectivity index (χ1v) is 8.56. The van der Waals surface area contributed by atoms with Crippen molar-refractivity contribution in [3.8, 4) is 17.4 Å². The Morgan fingerprint density at radius 3 is 2.88 bits per heavy atom. The number of carbonyl (C=O) groups is 1. The molecule has 1 aliphatic rings. The van der Waals surface area contributed by atoms with Crippen molar-refractivity contribution in [3.63, 3.8) is 0 Å². The molecular formula is C18H12FN3O2S. The van der Waals surface area contributed by atoms with E-state index < -0.39 is 5.91 Å². The lowest BCUT2D eigenvalue weighted by atomic mass is 10.1. The average molecular weight is 353 g/mol. The molecule has 4 rings (SSSR count). The third-order valence-electron chi connectivity index (χ3n) is 4.13. The second-order valence-electron chi connectivity index (χ2n) is 5.71. The molecule has 5 nitrogen and oxygen atoms in total. The Hall–Kier alpha value is -2.98. The molecule has 124 valence electrons. The van der Waals surface area contributed by atoms with Crippen molar-refractivity contribution in [2.45, 2.75) is 19.3 Å². The summed E-state index contributed by atoms with van der Waals surface area (Å²) in [5.41, 5.74) is 2.33. The highest BCUT2D eigenvalue weighted by Crippen LogP contribution is 2.38. The number of hydrogen-bond donors (Lipinski definition) is 1. The van der Waals surface area contributed by atoms with Gasteiger partial charge in [-0.3, -0.25) is 4.79 Å². The Morgan fingerprint density at radius 2 is 2.12 bits per heavy atom. The summed E-state index contributed by atoms with van der Waals surface area (Å²) in [6.45, 7) is 0. The summed E-state index contributed by atoms with van der Waals surface area (Å²) in [5.74, 6) is -0.413. The topological polar surface area (TPSA) is 78.9 Å². The Balaban J connectivity index is 1.57. The highest BCUT2D eigenvalue weighted by molar-refractivity contribution is 7.16. The number of nitriles is 1. The van der Waals surface area contributed by atoms with Crippen LogP contribution in [0, 0.1) is 17.1 Å². The van der Waals surface area contributed by atoms with Crippen LogP contribution < -0.4 is 5.32 Å². The van der Waals surface area contributed by atoms with Crippen LogP contribution >= 0.6 is 11.3 Å². The maximum absolute atomic E-state index is 13.0. The Labute approximate surface area is 146 Å². The molecule has 0 atom stereocenters. The molecule has 0 saturated carbocycles. The minimum Gasteiger partial charge on any atom is -0.355 e. The van der Waals surface area contributed by atoms with Crippen LogP contribution in [-0.4, -0.2) is 11.1 Å². The van der Waals surface area contributed by atoms with Crippen molar-refractivity contribution in [1.82, 2.24) is 5.16 Å². The number of nitrogens with zero attached hydrogens (tertiary/aromatic N) is 2. The van der Waals surface area contributed by atoms with Gasteiger partial charge in [-0.1, -0.05) is 5.16 Å². The van der Waals surface area contributed by atoms with E-state index in [1.807, 2.05) is 0 Å². The first kappa shape index (κ1) is 15.5. The van der Waals surface area contributed by atoms with Crippen molar-refractivity contribution in [2.75, 3.05) is 5.32 Å². The summed E-state index contributed by atoms with van der Waals surface area (Å²) in [6.07, 6.45) is 2.88. The van der Waals surface area contributed by atoms with Crippen LogP contribution in [0.25, 0.3) is 11.3 Å². The van der Waals surface area contributed by atoms with Gasteiger partial charge in [0.25, 0.3) is 5.91 Å². The highest BCUT2D eigenvalue weighted by Gasteiger charge is 2.24. The largest absolute Gasteiger partial charge is 0.355 e. The molecule has 1 amide bonds. The van der Waals surface area contributed by atoms with E-state index in [0.717, 1.165) is 24.8 Å². The van der Waals surface area contributed by atoms with E-state index in [0.29, 0.717) is 21.9 Å². The van der Waals surface area contributed by atoms with Gasteiger partial charge >= 0.3 is 0 Å². The monoisotopic (exact) mass is 353 g/mol. The van der Waals surface area contributed by atoms with Gasteiger partial charge < -0.3 is 9.84 Å². The van der Waals surface area contributed by atoms with Gasteiger partial charge in [-0.15, -0.1) is 11.3 Å². The van der Waals surface area contributed by atoms with E-state index in [-0.39, 0.29) is 11.5 Å². The number of amides is 1. The number of nitrogens with one attached hydrogen (secondary N) is 1. The number of benzene rings is 1. The second-order valence-corrected chi connectivity index (χ2v) is 6.82. The van der Waals surface area contributed by atoms with E-state index in [1.165, 1.54) is 34.4 Å². The zero-order valence-corrected chi connectivity index (χ0v) is 13.8. The first-order valence-electron chi connectivity index (χ1n) is 7.74. The third-order valence-corrected chi connectivity index (χ3v) is 5.34. The second kappa shape index (κ2) is 6.15. The summed E-state index contributed by atoms with van der Waals surface area (Å²) < 4.78 is 18.2. The van der Waals surface area contributed by atoms with Gasteiger partial charge in [0.05, 0.1) is 5.56 Å². The number of fused-ring (bicyclic) bond motifs is 1. The first-order chi connectivity index (χ1) is 12.2. The SMILES string of the molecule is N#Cc1c(NC(=O)c2cc(-c3ccc(F)cc3)on2)sc2c1CCC2. The Kier molecular flexibility index (Phi) is 3.82. The molecule has 1 aliphatic carbocycles. The fourth-order valence-corrected chi connectivity index (χ4v) is 4.14. The number of anilines is 1. The minimum atomic E-state index is -0.437. The molecule has 0 spiro atoms. The van der Waals surface area contributed by atoms with Gasteiger partial charge in [-0.05, 0) is 49.1 Å². The van der Waals surface area contributed by atoms with E-state index >= 15 is 0 Å². The van der Waals surface area contributed by atoms with Gasteiger partial charge in [0.15, 0.2) is 11.5 Å². The molecule has 25 heavy (non-hydrogen) atoms. The number of carbonyl (C=O) groups excluding carboxylic acids is 1. The zero-order valence-electron chi connectivity index (χ0n) is 13.0. The van der Waals surface area contributed by atoms with Crippen molar-refractivity contribution < 1.29 is 13.7 Å². The molecule has 7 heteroatoms. The molecule has 0 saturated heterocycles. The van der Waals surface area contributed by atoms with Crippen LogP contribution in [0.4, 0.5) is 9.39 Å². The fourth-order valence-electron chi connectivity index (χ4n) is 2.91. The van der Waals surface area contributed by atoms with Gasteiger partial charge in [0, 0.05) is 16.5 Å². The predicted octanol–water partition coefficient (Wildman–Crippen LogP) is 4.15. The molecular weight excluding hydrogens is 341 g/mol. The molecule has 0 aliphatic heterocycles. The lowest BCUT2D eigenvalue weighted by Gasteiger charge is -2.00. The number of halogens is 1. The van der Waals surface area contributed by atoms with Crippen LogP contribution in [0.1, 0.15) is 32.9 Å². The highest BCUT2D eigenvalue weighted by atomic mass is 32.1. The van der Waals surface area contributed by atoms with E-state index in [1.54, 1.807) is 12.1 Å². The third kappa shape index (κ3) is 2.81. The zero-order chi connectivity index (χ0) is 17.4. The van der Waals surface area contributed by atoms with E-state index in [2.05, 4.69) is 16.5 Å². The van der Waals surface area contributed by atoms with E-state index in [4.69, 9.17) is 4.52 Å². The molecule has 0 fully saturated rings. The van der Waals surface area contributed by atoms with Crippen LogP contribution in [-0.2, 0) is 12.8 Å². The molecule has 1 N–H and O–H groups in total. The predicted molar refractivity (Wildman–Crippen MR) is 90.9 cm³/mol. The summed E-state index contributed by atoms with van der Waals surface area (Å²) >= 11 is 1.45. The normalized spacial score (nSPS) is 12.6. The maximum atomic E-state index is 13.0. The summed E-state index contributed by atoms with van der Waals surface area (Å²) in [7, 11) is 0. The standard InChI is InChI=1S/C18H12FN3O2S/c19-11-6-4-10(5-7-11)15-8-14(22-24-15)17(23)21-18-13(9-20)12-2-1-3-16(12)25-18/h4-8H,1-3H2,(H,21,23). The smallest absolute Gasteiger partial charge is 0.278 e. The van der Waals surface area contributed by atoms with Crippen LogP contribution in [0.2, 0.25) is 0 Å². The number of thiophene rings is 1. The van der Waals surface area contributed by atoms with Gasteiger partial charge in [0.2, 0.25) is 0 Å². The van der Waals surface area contributed by atoms with Crippen molar-refractivity contribution >= 4 is 22.2 Å². The molecule has 2 heterocycles. The van der Waals surface area contributed by atoms with E-state index in [9.17, 15) is 14.4 Å². The lowest BCUT2D eigenvalue weighted by molar-refractivity contribution is 0.101. The average Bonchev–Trinajstić information content (AvgIpc) is 3.30. The lowest BCUT2D eigenvalue weighted by Crippen LogP contribution is -2.12. The van der Waals surface area contributed by atoms with Crippen molar-refractivity contribution in [1.29, 1.82) is 5.26 Å². The maximum Gasteiger partial charge on any atom is 0.278 e.